The quantitative estimate of drug-likeness (QED) is 0.652. The second-order valence-corrected chi connectivity index (χ2v) is 3.59. The molecular formula is C11H10N2O4. The molecule has 1 aromatic carbocycles. The molecule has 1 aromatic heterocycles. The van der Waals surface area contributed by atoms with E-state index in [0.29, 0.717) is 17.4 Å². The van der Waals surface area contributed by atoms with E-state index in [0.717, 1.165) is 0 Å². The highest BCUT2D eigenvalue weighted by atomic mass is 16.6. The maximum Gasteiger partial charge on any atom is 0.337 e. The summed E-state index contributed by atoms with van der Waals surface area (Å²) in [5, 5.41) is 20.1. The predicted octanol–water partition coefficient (Wildman–Crippen LogP) is 2.27. The summed E-state index contributed by atoms with van der Waals surface area (Å²) in [5.41, 5.74) is 0.676. The maximum absolute atomic E-state index is 11.0. The molecule has 0 bridgehead atoms. The molecule has 88 valence electrons. The van der Waals surface area contributed by atoms with Gasteiger partial charge in [-0.15, -0.1) is 0 Å². The Balaban J connectivity index is 2.78. The summed E-state index contributed by atoms with van der Waals surface area (Å²) in [6.45, 7) is 2.49. The summed E-state index contributed by atoms with van der Waals surface area (Å²) in [6, 6.07) is 4.24. The number of hydrogen-bond donors (Lipinski definition) is 1. The van der Waals surface area contributed by atoms with Crippen LogP contribution in [0.1, 0.15) is 17.3 Å². The van der Waals surface area contributed by atoms with Crippen LogP contribution >= 0.6 is 0 Å². The summed E-state index contributed by atoms with van der Waals surface area (Å²) >= 11 is 0. The molecule has 17 heavy (non-hydrogen) atoms. The highest BCUT2D eigenvalue weighted by molar-refractivity contribution is 6.04. The minimum absolute atomic E-state index is 0.0885. The van der Waals surface area contributed by atoms with Crippen molar-refractivity contribution >= 4 is 22.6 Å². The predicted molar refractivity (Wildman–Crippen MR) is 61.2 cm³/mol. The van der Waals surface area contributed by atoms with Gasteiger partial charge in [0.15, 0.2) is 0 Å². The number of nitro groups is 1. The number of aromatic carboxylic acids is 1. The van der Waals surface area contributed by atoms with Gasteiger partial charge in [-0.25, -0.2) is 4.79 Å². The highest BCUT2D eigenvalue weighted by Crippen LogP contribution is 2.26. The van der Waals surface area contributed by atoms with Crippen LogP contribution in [0.2, 0.25) is 0 Å². The van der Waals surface area contributed by atoms with Crippen molar-refractivity contribution in [2.75, 3.05) is 0 Å². The number of fused-ring (bicyclic) bond motifs is 1. The van der Waals surface area contributed by atoms with Crippen LogP contribution in [-0.2, 0) is 6.54 Å². The van der Waals surface area contributed by atoms with Crippen molar-refractivity contribution in [3.8, 4) is 0 Å². The Labute approximate surface area is 96.2 Å². The van der Waals surface area contributed by atoms with Gasteiger partial charge in [-0.1, -0.05) is 0 Å². The van der Waals surface area contributed by atoms with Crippen LogP contribution in [0, 0.1) is 10.1 Å². The van der Waals surface area contributed by atoms with Gasteiger partial charge in [-0.2, -0.15) is 0 Å². The lowest BCUT2D eigenvalue weighted by molar-refractivity contribution is -0.384. The Morgan fingerprint density at radius 2 is 2.24 bits per heavy atom. The fraction of sp³-hybridized carbons (Fsp3) is 0.182. The molecule has 6 heteroatoms. The zero-order chi connectivity index (χ0) is 12.6. The summed E-state index contributed by atoms with van der Waals surface area (Å²) in [6.07, 6.45) is 1.50. The zero-order valence-corrected chi connectivity index (χ0v) is 9.08. The van der Waals surface area contributed by atoms with Crippen molar-refractivity contribution in [3.05, 3.63) is 40.1 Å². The van der Waals surface area contributed by atoms with Crippen LogP contribution < -0.4 is 0 Å². The molecule has 1 N–H and O–H groups in total. The Hall–Kier alpha value is -2.37. The SMILES string of the molecule is CCn1cc(C(=O)O)c2cc([N+](=O)[O-])ccc21. The molecule has 0 spiro atoms. The number of nitrogens with zero attached hydrogens (tertiary/aromatic N) is 2. The number of rotatable bonds is 3. The smallest absolute Gasteiger partial charge is 0.337 e. The van der Waals surface area contributed by atoms with Crippen molar-refractivity contribution in [1.29, 1.82) is 0 Å². The molecule has 0 aliphatic carbocycles. The van der Waals surface area contributed by atoms with Crippen molar-refractivity contribution < 1.29 is 14.8 Å². The third kappa shape index (κ3) is 1.73. The molecule has 0 radical (unpaired) electrons. The number of aryl methyl sites for hydroxylation is 1. The number of non-ortho nitro benzene ring substituents is 1. The van der Waals surface area contributed by atoms with E-state index in [-0.39, 0.29) is 11.3 Å². The fourth-order valence-corrected chi connectivity index (χ4v) is 1.83. The van der Waals surface area contributed by atoms with Crippen LogP contribution in [0.15, 0.2) is 24.4 Å². The molecule has 0 atom stereocenters. The van der Waals surface area contributed by atoms with Gasteiger partial charge in [0.2, 0.25) is 0 Å². The molecule has 0 unspecified atom stereocenters. The molecule has 0 aliphatic heterocycles. The molecule has 6 nitrogen and oxygen atoms in total. The third-order valence-corrected chi connectivity index (χ3v) is 2.65. The summed E-state index contributed by atoms with van der Waals surface area (Å²) < 4.78 is 1.75. The molecule has 1 heterocycles. The van der Waals surface area contributed by atoms with Crippen molar-refractivity contribution in [2.24, 2.45) is 0 Å². The zero-order valence-electron chi connectivity index (χ0n) is 9.08. The molecule has 0 fully saturated rings. The van der Waals surface area contributed by atoms with Crippen molar-refractivity contribution in [1.82, 2.24) is 4.57 Å². The van der Waals surface area contributed by atoms with E-state index < -0.39 is 10.9 Å². The number of benzene rings is 1. The molecule has 2 aromatic rings. The van der Waals surface area contributed by atoms with Crippen LogP contribution in [0.4, 0.5) is 5.69 Å². The van der Waals surface area contributed by atoms with Gasteiger partial charge in [0.1, 0.15) is 0 Å². The second-order valence-electron chi connectivity index (χ2n) is 3.59. The van der Waals surface area contributed by atoms with Crippen LogP contribution in [0.25, 0.3) is 10.9 Å². The molecule has 0 saturated heterocycles. The maximum atomic E-state index is 11.0. The Bertz CT molecular complexity index is 615. The topological polar surface area (TPSA) is 85.4 Å². The van der Waals surface area contributed by atoms with E-state index in [1.165, 1.54) is 18.3 Å². The van der Waals surface area contributed by atoms with Gasteiger partial charge in [0, 0.05) is 35.8 Å². The first-order valence-corrected chi connectivity index (χ1v) is 5.05. The van der Waals surface area contributed by atoms with Crippen molar-refractivity contribution in [3.63, 3.8) is 0 Å². The first-order valence-electron chi connectivity index (χ1n) is 5.05. The third-order valence-electron chi connectivity index (χ3n) is 2.65. The lowest BCUT2D eigenvalue weighted by Crippen LogP contribution is -1.95. The lowest BCUT2D eigenvalue weighted by Gasteiger charge is -1.99. The lowest BCUT2D eigenvalue weighted by atomic mass is 10.1. The number of carboxylic acids is 1. The van der Waals surface area contributed by atoms with Crippen LogP contribution in [0.5, 0.6) is 0 Å². The molecule has 0 aliphatic rings. The van der Waals surface area contributed by atoms with E-state index in [9.17, 15) is 14.9 Å². The molecule has 0 saturated carbocycles. The number of carboxylic acid groups (broad SMARTS) is 1. The van der Waals surface area contributed by atoms with Gasteiger partial charge >= 0.3 is 5.97 Å². The highest BCUT2D eigenvalue weighted by Gasteiger charge is 2.16. The average Bonchev–Trinajstić information content (AvgIpc) is 2.66. The first kappa shape index (κ1) is 11.1. The monoisotopic (exact) mass is 234 g/mol. The Kier molecular flexibility index (Phi) is 2.55. The summed E-state index contributed by atoms with van der Waals surface area (Å²) in [5.74, 6) is -1.08. The summed E-state index contributed by atoms with van der Waals surface area (Å²) in [7, 11) is 0. The molecule has 2 rings (SSSR count). The fourth-order valence-electron chi connectivity index (χ4n) is 1.83. The standard InChI is InChI=1S/C11H10N2O4/c1-2-12-6-9(11(14)15)8-5-7(13(16)17)3-4-10(8)12/h3-6H,2H2,1H3,(H,14,15). The first-order chi connectivity index (χ1) is 8.04. The average molecular weight is 234 g/mol. The molecule has 0 amide bonds. The van der Waals surface area contributed by atoms with E-state index >= 15 is 0 Å². The number of carbonyl (C=O) groups is 1. The summed E-state index contributed by atoms with van der Waals surface area (Å²) in [4.78, 5) is 21.2. The van der Waals surface area contributed by atoms with Gasteiger partial charge in [0.25, 0.3) is 5.69 Å². The van der Waals surface area contributed by atoms with E-state index in [2.05, 4.69) is 0 Å². The second kappa shape index (κ2) is 3.89. The minimum Gasteiger partial charge on any atom is -0.478 e. The van der Waals surface area contributed by atoms with E-state index in [4.69, 9.17) is 5.11 Å². The van der Waals surface area contributed by atoms with Crippen LogP contribution in [-0.4, -0.2) is 20.6 Å². The van der Waals surface area contributed by atoms with E-state index in [1.54, 1.807) is 10.6 Å². The van der Waals surface area contributed by atoms with Gasteiger partial charge in [-0.05, 0) is 13.0 Å². The van der Waals surface area contributed by atoms with Gasteiger partial charge in [0.05, 0.1) is 10.5 Å². The largest absolute Gasteiger partial charge is 0.478 e. The minimum atomic E-state index is -1.08. The number of hydrogen-bond acceptors (Lipinski definition) is 3. The Morgan fingerprint density at radius 1 is 1.53 bits per heavy atom. The van der Waals surface area contributed by atoms with Crippen molar-refractivity contribution in [2.45, 2.75) is 13.5 Å². The van der Waals surface area contributed by atoms with E-state index in [1.807, 2.05) is 6.92 Å². The Morgan fingerprint density at radius 3 is 2.76 bits per heavy atom. The van der Waals surface area contributed by atoms with Gasteiger partial charge < -0.3 is 9.67 Å². The van der Waals surface area contributed by atoms with Gasteiger partial charge in [-0.3, -0.25) is 10.1 Å². The van der Waals surface area contributed by atoms with Crippen LogP contribution in [0.3, 0.4) is 0 Å². The number of nitro benzene ring substituents is 1. The normalized spacial score (nSPS) is 10.6. The number of aromatic nitrogens is 1. The molecular weight excluding hydrogens is 224 g/mol.